The van der Waals surface area contributed by atoms with E-state index in [2.05, 4.69) is 58.7 Å². The maximum absolute atomic E-state index is 3.90. The van der Waals surface area contributed by atoms with Crippen molar-refractivity contribution >= 4 is 0 Å². The van der Waals surface area contributed by atoms with Crippen LogP contribution in [0.3, 0.4) is 0 Å². The Morgan fingerprint density at radius 2 is 1.45 bits per heavy atom. The van der Waals surface area contributed by atoms with Gasteiger partial charge in [0, 0.05) is 11.6 Å². The van der Waals surface area contributed by atoms with Gasteiger partial charge in [-0.25, -0.2) is 0 Å². The average Bonchev–Trinajstić information content (AvgIpc) is 2.46. The summed E-state index contributed by atoms with van der Waals surface area (Å²) in [7, 11) is 0. The molecule has 2 heteroatoms. The van der Waals surface area contributed by atoms with Gasteiger partial charge >= 0.3 is 0 Å². The van der Waals surface area contributed by atoms with Gasteiger partial charge in [0.25, 0.3) is 0 Å². The molecule has 0 aliphatic heterocycles. The number of hydrogen-bond donors (Lipinski definition) is 1. The van der Waals surface area contributed by atoms with Crippen molar-refractivity contribution in [2.24, 2.45) is 5.92 Å². The standard InChI is InChI=1S/C18H40N2/c1-8-14-16(7)17(19-15-9-2)18(10-3,11-4)20(12-5)13-6/h16-17,19H,8-15H2,1-7H3. The van der Waals surface area contributed by atoms with E-state index >= 15 is 0 Å². The predicted octanol–water partition coefficient (Wildman–Crippen LogP) is 4.69. The third-order valence-electron chi connectivity index (χ3n) is 5.12. The molecule has 0 heterocycles. The Morgan fingerprint density at radius 3 is 1.80 bits per heavy atom. The van der Waals surface area contributed by atoms with Crippen molar-refractivity contribution in [3.63, 3.8) is 0 Å². The fourth-order valence-corrected chi connectivity index (χ4v) is 4.03. The molecule has 0 aromatic carbocycles. The first-order valence-corrected chi connectivity index (χ1v) is 9.06. The van der Waals surface area contributed by atoms with Crippen LogP contribution in [0.1, 0.15) is 80.6 Å². The topological polar surface area (TPSA) is 15.3 Å². The number of likely N-dealkylation sites (N-methyl/N-ethyl adjacent to an activating group) is 1. The molecule has 122 valence electrons. The van der Waals surface area contributed by atoms with Crippen LogP contribution in [0.15, 0.2) is 0 Å². The predicted molar refractivity (Wildman–Crippen MR) is 92.4 cm³/mol. The van der Waals surface area contributed by atoms with Gasteiger partial charge in [-0.15, -0.1) is 0 Å². The lowest BCUT2D eigenvalue weighted by Crippen LogP contribution is -2.63. The Labute approximate surface area is 128 Å². The summed E-state index contributed by atoms with van der Waals surface area (Å²) < 4.78 is 0. The lowest BCUT2D eigenvalue weighted by Gasteiger charge is -2.50. The highest BCUT2D eigenvalue weighted by Crippen LogP contribution is 2.33. The molecule has 0 aliphatic carbocycles. The molecule has 0 bridgehead atoms. The summed E-state index contributed by atoms with van der Waals surface area (Å²) in [5, 5.41) is 3.90. The minimum atomic E-state index is 0.313. The van der Waals surface area contributed by atoms with E-state index in [0.29, 0.717) is 11.6 Å². The molecule has 20 heavy (non-hydrogen) atoms. The Morgan fingerprint density at radius 1 is 0.900 bits per heavy atom. The van der Waals surface area contributed by atoms with E-state index in [1.807, 2.05) is 0 Å². The monoisotopic (exact) mass is 284 g/mol. The van der Waals surface area contributed by atoms with Gasteiger partial charge in [0.15, 0.2) is 0 Å². The van der Waals surface area contributed by atoms with Gasteiger partial charge in [0.2, 0.25) is 0 Å². The van der Waals surface area contributed by atoms with E-state index in [0.717, 1.165) is 25.6 Å². The average molecular weight is 285 g/mol. The molecule has 0 aromatic heterocycles. The van der Waals surface area contributed by atoms with Crippen molar-refractivity contribution in [2.75, 3.05) is 19.6 Å². The minimum absolute atomic E-state index is 0.313. The summed E-state index contributed by atoms with van der Waals surface area (Å²) in [5.41, 5.74) is 0.313. The molecule has 0 amide bonds. The van der Waals surface area contributed by atoms with Gasteiger partial charge in [-0.3, -0.25) is 4.90 Å². The van der Waals surface area contributed by atoms with Crippen LogP contribution in [0.4, 0.5) is 0 Å². The summed E-state index contributed by atoms with van der Waals surface area (Å²) in [5.74, 6) is 0.743. The molecule has 0 radical (unpaired) electrons. The van der Waals surface area contributed by atoms with Crippen molar-refractivity contribution in [3.8, 4) is 0 Å². The fourth-order valence-electron chi connectivity index (χ4n) is 4.03. The van der Waals surface area contributed by atoms with E-state index in [1.54, 1.807) is 0 Å². The van der Waals surface area contributed by atoms with E-state index < -0.39 is 0 Å². The maximum Gasteiger partial charge on any atom is 0.0359 e. The number of rotatable bonds is 12. The number of hydrogen-bond acceptors (Lipinski definition) is 2. The summed E-state index contributed by atoms with van der Waals surface area (Å²) >= 11 is 0. The van der Waals surface area contributed by atoms with Crippen LogP contribution in [0.5, 0.6) is 0 Å². The quantitative estimate of drug-likeness (QED) is 0.559. The van der Waals surface area contributed by atoms with Crippen molar-refractivity contribution < 1.29 is 0 Å². The van der Waals surface area contributed by atoms with E-state index in [1.165, 1.54) is 32.1 Å². The van der Waals surface area contributed by atoms with Crippen LogP contribution in [0.2, 0.25) is 0 Å². The van der Waals surface area contributed by atoms with Gasteiger partial charge in [-0.1, -0.05) is 54.9 Å². The molecule has 0 saturated carbocycles. The zero-order valence-corrected chi connectivity index (χ0v) is 15.3. The number of nitrogens with one attached hydrogen (secondary N) is 1. The lowest BCUT2D eigenvalue weighted by molar-refractivity contribution is 0.0277. The van der Waals surface area contributed by atoms with Gasteiger partial charge < -0.3 is 5.32 Å². The van der Waals surface area contributed by atoms with Gasteiger partial charge in [0.05, 0.1) is 0 Å². The minimum Gasteiger partial charge on any atom is -0.312 e. The summed E-state index contributed by atoms with van der Waals surface area (Å²) in [6.07, 6.45) is 6.30. The second kappa shape index (κ2) is 10.6. The molecule has 2 unspecified atom stereocenters. The number of nitrogens with zero attached hydrogens (tertiary/aromatic N) is 1. The highest BCUT2D eigenvalue weighted by atomic mass is 15.2. The highest BCUT2D eigenvalue weighted by Gasteiger charge is 2.41. The van der Waals surface area contributed by atoms with E-state index in [4.69, 9.17) is 0 Å². The Hall–Kier alpha value is -0.0800. The van der Waals surface area contributed by atoms with Crippen LogP contribution < -0.4 is 5.32 Å². The molecule has 1 N–H and O–H groups in total. The van der Waals surface area contributed by atoms with Gasteiger partial charge in [0.1, 0.15) is 0 Å². The smallest absolute Gasteiger partial charge is 0.0359 e. The molecule has 0 saturated heterocycles. The Balaban J connectivity index is 5.36. The Kier molecular flexibility index (Phi) is 10.6. The van der Waals surface area contributed by atoms with Crippen molar-refractivity contribution in [1.29, 1.82) is 0 Å². The first-order chi connectivity index (χ1) is 9.57. The molecule has 0 aliphatic rings. The van der Waals surface area contributed by atoms with Crippen LogP contribution in [-0.4, -0.2) is 36.1 Å². The van der Waals surface area contributed by atoms with E-state index in [9.17, 15) is 0 Å². The molecular weight excluding hydrogens is 244 g/mol. The largest absolute Gasteiger partial charge is 0.312 e. The molecule has 0 spiro atoms. The molecular formula is C18H40N2. The molecule has 0 rings (SSSR count). The third kappa shape index (κ3) is 4.73. The fraction of sp³-hybridized carbons (Fsp3) is 1.00. The Bertz CT molecular complexity index is 219. The van der Waals surface area contributed by atoms with Crippen LogP contribution >= 0.6 is 0 Å². The molecule has 0 aromatic rings. The molecule has 0 fully saturated rings. The summed E-state index contributed by atoms with van der Waals surface area (Å²) in [6, 6.07) is 0.609. The second-order valence-electron chi connectivity index (χ2n) is 6.18. The van der Waals surface area contributed by atoms with Crippen molar-refractivity contribution in [2.45, 2.75) is 92.2 Å². The van der Waals surface area contributed by atoms with Crippen molar-refractivity contribution in [1.82, 2.24) is 10.2 Å². The SMILES string of the molecule is CCCNC(C(C)CCC)C(CC)(CC)N(CC)CC. The van der Waals surface area contributed by atoms with Crippen LogP contribution in [0.25, 0.3) is 0 Å². The molecule has 2 atom stereocenters. The van der Waals surface area contributed by atoms with Gasteiger partial charge in [-0.2, -0.15) is 0 Å². The molecule has 2 nitrogen and oxygen atoms in total. The highest BCUT2D eigenvalue weighted by molar-refractivity contribution is 5.00. The third-order valence-corrected chi connectivity index (χ3v) is 5.12. The normalized spacial score (nSPS) is 15.6. The first kappa shape index (κ1) is 19.9. The maximum atomic E-state index is 3.90. The van der Waals surface area contributed by atoms with E-state index in [-0.39, 0.29) is 0 Å². The first-order valence-electron chi connectivity index (χ1n) is 9.06. The second-order valence-corrected chi connectivity index (χ2v) is 6.18. The summed E-state index contributed by atoms with van der Waals surface area (Å²) in [4.78, 5) is 2.70. The zero-order chi connectivity index (χ0) is 15.6. The van der Waals surface area contributed by atoms with Gasteiger partial charge in [-0.05, 0) is 51.2 Å². The van der Waals surface area contributed by atoms with Crippen LogP contribution in [-0.2, 0) is 0 Å². The summed E-state index contributed by atoms with van der Waals surface area (Å²) in [6.45, 7) is 19.8. The van der Waals surface area contributed by atoms with Crippen LogP contribution in [0, 0.1) is 5.92 Å². The zero-order valence-electron chi connectivity index (χ0n) is 15.3. The lowest BCUT2D eigenvalue weighted by atomic mass is 9.75. The van der Waals surface area contributed by atoms with Crippen molar-refractivity contribution in [3.05, 3.63) is 0 Å².